The molecule has 0 radical (unpaired) electrons. The highest BCUT2D eigenvalue weighted by Gasteiger charge is 2.21. The summed E-state index contributed by atoms with van der Waals surface area (Å²) in [5.41, 5.74) is 7.16. The predicted molar refractivity (Wildman–Crippen MR) is 97.7 cm³/mol. The second-order valence-electron chi connectivity index (χ2n) is 6.20. The van der Waals surface area contributed by atoms with Gasteiger partial charge in [0, 0.05) is 22.9 Å². The Bertz CT molecular complexity index is 741. The number of nitrogens with two attached hydrogens (primary N) is 1. The number of ether oxygens (including phenoxy) is 2. The van der Waals surface area contributed by atoms with Crippen molar-refractivity contribution < 1.29 is 24.2 Å². The van der Waals surface area contributed by atoms with Gasteiger partial charge >= 0.3 is 11.9 Å². The van der Waals surface area contributed by atoms with Crippen molar-refractivity contribution in [2.24, 2.45) is 5.73 Å². The van der Waals surface area contributed by atoms with Crippen molar-refractivity contribution in [1.82, 2.24) is 4.98 Å². The van der Waals surface area contributed by atoms with Crippen molar-refractivity contribution in [3.05, 3.63) is 29.8 Å². The number of hydrogen-bond acceptors (Lipinski definition) is 6. The molecule has 7 heteroatoms. The van der Waals surface area contributed by atoms with Gasteiger partial charge < -0.3 is 25.3 Å². The molecule has 7 nitrogen and oxygen atoms in total. The maximum atomic E-state index is 12.0. The number of esters is 2. The van der Waals surface area contributed by atoms with Gasteiger partial charge in [-0.1, -0.05) is 44.4 Å². The lowest BCUT2D eigenvalue weighted by molar-refractivity contribution is -0.159. The number of para-hydroxylation sites is 1. The highest BCUT2D eigenvalue weighted by atomic mass is 16.6. The van der Waals surface area contributed by atoms with Crippen LogP contribution in [0.4, 0.5) is 0 Å². The fourth-order valence-corrected chi connectivity index (χ4v) is 2.69. The van der Waals surface area contributed by atoms with E-state index < -0.39 is 24.6 Å². The van der Waals surface area contributed by atoms with E-state index in [1.54, 1.807) is 0 Å². The number of aromatic hydroxyl groups is 1. The SMILES string of the molecule is CCCCCCOC(=O)COC(=O)[C@@H](N)Cc1c(O)[nH]c2ccccc12. The molecule has 1 heterocycles. The molecule has 0 aliphatic heterocycles. The number of nitrogens with one attached hydrogen (secondary N) is 1. The highest BCUT2D eigenvalue weighted by molar-refractivity contribution is 5.87. The van der Waals surface area contributed by atoms with E-state index in [0.29, 0.717) is 12.2 Å². The van der Waals surface area contributed by atoms with E-state index in [1.165, 1.54) is 0 Å². The Kier molecular flexibility index (Phi) is 7.47. The quantitative estimate of drug-likeness (QED) is 0.442. The maximum absolute atomic E-state index is 12.0. The first-order valence-electron chi connectivity index (χ1n) is 8.89. The fraction of sp³-hybridized carbons (Fsp3) is 0.474. The number of fused-ring (bicyclic) bond motifs is 1. The van der Waals surface area contributed by atoms with Crippen LogP contribution in [-0.2, 0) is 25.5 Å². The van der Waals surface area contributed by atoms with Crippen molar-refractivity contribution >= 4 is 22.8 Å². The molecule has 0 spiro atoms. The second kappa shape index (κ2) is 9.82. The Balaban J connectivity index is 1.78. The molecule has 0 aliphatic carbocycles. The van der Waals surface area contributed by atoms with Crippen LogP contribution in [0.25, 0.3) is 10.9 Å². The van der Waals surface area contributed by atoms with E-state index in [2.05, 4.69) is 11.9 Å². The van der Waals surface area contributed by atoms with Crippen molar-refractivity contribution in [3.63, 3.8) is 0 Å². The molecule has 0 aliphatic rings. The number of benzene rings is 1. The van der Waals surface area contributed by atoms with E-state index in [9.17, 15) is 14.7 Å². The summed E-state index contributed by atoms with van der Waals surface area (Å²) in [4.78, 5) is 26.4. The van der Waals surface area contributed by atoms with Crippen LogP contribution in [0.3, 0.4) is 0 Å². The number of hydrogen-bond donors (Lipinski definition) is 3. The molecule has 4 N–H and O–H groups in total. The van der Waals surface area contributed by atoms with Crippen LogP contribution in [0.1, 0.15) is 38.2 Å². The summed E-state index contributed by atoms with van der Waals surface area (Å²) in [6.45, 7) is 1.97. The largest absolute Gasteiger partial charge is 0.494 e. The molecule has 0 saturated heterocycles. The molecule has 1 aromatic carbocycles. The van der Waals surface area contributed by atoms with Crippen LogP contribution < -0.4 is 5.73 Å². The maximum Gasteiger partial charge on any atom is 0.344 e. The molecule has 26 heavy (non-hydrogen) atoms. The molecule has 0 saturated carbocycles. The van der Waals surface area contributed by atoms with Crippen molar-refractivity contribution in [2.75, 3.05) is 13.2 Å². The van der Waals surface area contributed by atoms with Gasteiger partial charge in [-0.2, -0.15) is 0 Å². The van der Waals surface area contributed by atoms with Crippen molar-refractivity contribution in [2.45, 2.75) is 45.1 Å². The number of H-pyrrole nitrogens is 1. The van der Waals surface area contributed by atoms with Crippen molar-refractivity contribution in [1.29, 1.82) is 0 Å². The number of aromatic nitrogens is 1. The standard InChI is InChI=1S/C19H26N2O5/c1-2-3-4-7-10-25-17(22)12-26-19(24)15(20)11-14-13-8-5-6-9-16(13)21-18(14)23/h5-6,8-9,15,21,23H,2-4,7,10-12,20H2,1H3/t15-/m0/s1. The zero-order valence-corrected chi connectivity index (χ0v) is 15.0. The summed E-state index contributed by atoms with van der Waals surface area (Å²) in [5.74, 6) is -1.32. The third kappa shape index (κ3) is 5.49. The molecule has 0 amide bonds. The average Bonchev–Trinajstić information content (AvgIpc) is 2.95. The van der Waals surface area contributed by atoms with Gasteiger partial charge in [-0.25, -0.2) is 4.79 Å². The summed E-state index contributed by atoms with van der Waals surface area (Å²) in [6.07, 6.45) is 4.10. The minimum Gasteiger partial charge on any atom is -0.494 e. The molecule has 0 unspecified atom stereocenters. The lowest BCUT2D eigenvalue weighted by Gasteiger charge is -2.11. The fourth-order valence-electron chi connectivity index (χ4n) is 2.69. The monoisotopic (exact) mass is 362 g/mol. The first-order valence-corrected chi connectivity index (χ1v) is 8.89. The van der Waals surface area contributed by atoms with Crippen LogP contribution >= 0.6 is 0 Å². The zero-order valence-electron chi connectivity index (χ0n) is 15.0. The zero-order chi connectivity index (χ0) is 18.9. The molecule has 0 bridgehead atoms. The minimum absolute atomic E-state index is 0.0269. The highest BCUT2D eigenvalue weighted by Crippen LogP contribution is 2.27. The second-order valence-corrected chi connectivity index (χ2v) is 6.20. The average molecular weight is 362 g/mol. The lowest BCUT2D eigenvalue weighted by Crippen LogP contribution is -2.35. The van der Waals surface area contributed by atoms with E-state index in [1.807, 2.05) is 24.3 Å². The third-order valence-electron chi connectivity index (χ3n) is 4.11. The number of rotatable bonds is 10. The summed E-state index contributed by atoms with van der Waals surface area (Å²) >= 11 is 0. The van der Waals surface area contributed by atoms with E-state index in [4.69, 9.17) is 15.2 Å². The topological polar surface area (TPSA) is 115 Å². The summed E-state index contributed by atoms with van der Waals surface area (Å²) in [7, 11) is 0. The smallest absolute Gasteiger partial charge is 0.344 e. The number of carbonyl (C=O) groups is 2. The summed E-state index contributed by atoms with van der Waals surface area (Å²) in [5, 5.41) is 10.8. The Morgan fingerprint density at radius 2 is 1.96 bits per heavy atom. The van der Waals surface area contributed by atoms with Gasteiger partial charge in [-0.05, 0) is 12.5 Å². The van der Waals surface area contributed by atoms with Gasteiger partial charge in [0.15, 0.2) is 12.5 Å². The van der Waals surface area contributed by atoms with Gasteiger partial charge in [-0.3, -0.25) is 4.79 Å². The van der Waals surface area contributed by atoms with Crippen LogP contribution in [0.5, 0.6) is 5.88 Å². The normalized spacial score (nSPS) is 12.1. The minimum atomic E-state index is -0.988. The number of carbonyl (C=O) groups excluding carboxylic acids is 2. The number of unbranched alkanes of at least 4 members (excludes halogenated alkanes) is 3. The first-order chi connectivity index (χ1) is 12.5. The molecule has 1 atom stereocenters. The number of aromatic amines is 1. The van der Waals surface area contributed by atoms with E-state index in [-0.39, 0.29) is 12.3 Å². The molecular weight excluding hydrogens is 336 g/mol. The van der Waals surface area contributed by atoms with Crippen LogP contribution in [-0.4, -0.2) is 41.3 Å². The van der Waals surface area contributed by atoms with Gasteiger partial charge in [0.05, 0.1) is 6.61 Å². The molecule has 1 aromatic heterocycles. The van der Waals surface area contributed by atoms with Gasteiger partial charge in [0.1, 0.15) is 6.04 Å². The lowest BCUT2D eigenvalue weighted by atomic mass is 10.1. The Hall–Kier alpha value is -2.54. The Labute approximate surface area is 152 Å². The van der Waals surface area contributed by atoms with Gasteiger partial charge in [0.2, 0.25) is 0 Å². The van der Waals surface area contributed by atoms with Gasteiger partial charge in [-0.15, -0.1) is 0 Å². The third-order valence-corrected chi connectivity index (χ3v) is 4.11. The first kappa shape index (κ1) is 19.8. The summed E-state index contributed by atoms with van der Waals surface area (Å²) < 4.78 is 9.91. The summed E-state index contributed by atoms with van der Waals surface area (Å²) in [6, 6.07) is 6.33. The van der Waals surface area contributed by atoms with Crippen molar-refractivity contribution in [3.8, 4) is 5.88 Å². The van der Waals surface area contributed by atoms with Crippen LogP contribution in [0.2, 0.25) is 0 Å². The molecule has 0 fully saturated rings. The Morgan fingerprint density at radius 1 is 1.19 bits per heavy atom. The van der Waals surface area contributed by atoms with Gasteiger partial charge in [0.25, 0.3) is 0 Å². The van der Waals surface area contributed by atoms with E-state index in [0.717, 1.165) is 36.6 Å². The van der Waals surface area contributed by atoms with Crippen LogP contribution in [0.15, 0.2) is 24.3 Å². The molecule has 2 aromatic rings. The molecule has 142 valence electrons. The predicted octanol–water partition coefficient (Wildman–Crippen LogP) is 2.41. The molecular formula is C19H26N2O5. The van der Waals surface area contributed by atoms with Crippen LogP contribution in [0, 0.1) is 0 Å². The molecule has 2 rings (SSSR count). The Morgan fingerprint density at radius 3 is 2.73 bits per heavy atom. The van der Waals surface area contributed by atoms with E-state index >= 15 is 0 Å².